The molecule has 0 bridgehead atoms. The van der Waals surface area contributed by atoms with Crippen molar-refractivity contribution in [1.82, 2.24) is 15.1 Å². The van der Waals surface area contributed by atoms with Crippen molar-refractivity contribution in [2.24, 2.45) is 7.05 Å². The number of hydrogen-bond donors (Lipinski definition) is 1. The number of aryl methyl sites for hydroxylation is 1. The third kappa shape index (κ3) is 2.80. The third-order valence-corrected chi connectivity index (χ3v) is 5.14. The van der Waals surface area contributed by atoms with E-state index in [9.17, 15) is 4.79 Å². The normalized spacial score (nSPS) is 22.7. The van der Waals surface area contributed by atoms with Crippen molar-refractivity contribution in [3.63, 3.8) is 0 Å². The van der Waals surface area contributed by atoms with Crippen molar-refractivity contribution in [3.05, 3.63) is 39.8 Å². The highest BCUT2D eigenvalue weighted by Crippen LogP contribution is 2.31. The minimum Gasteiger partial charge on any atom is -0.371 e. The van der Waals surface area contributed by atoms with E-state index in [-0.39, 0.29) is 24.0 Å². The van der Waals surface area contributed by atoms with Crippen LogP contribution in [0.4, 0.5) is 0 Å². The Hall–Kier alpha value is -1.66. The van der Waals surface area contributed by atoms with Gasteiger partial charge in [0.1, 0.15) is 6.10 Å². The molecule has 1 amide bonds. The zero-order valence-electron chi connectivity index (χ0n) is 13.1. The summed E-state index contributed by atoms with van der Waals surface area (Å²) in [4.78, 5) is 12.5. The van der Waals surface area contributed by atoms with E-state index >= 15 is 0 Å². The Morgan fingerprint density at radius 2 is 2.41 bits per heavy atom. The molecule has 1 aliphatic rings. The number of hydrogen-bond acceptors (Lipinski definition) is 4. The van der Waals surface area contributed by atoms with E-state index in [0.717, 1.165) is 23.2 Å². The molecule has 1 unspecified atom stereocenters. The van der Waals surface area contributed by atoms with Crippen LogP contribution in [0.3, 0.4) is 0 Å². The molecule has 1 saturated heterocycles. The van der Waals surface area contributed by atoms with Crippen LogP contribution < -0.4 is 5.32 Å². The van der Waals surface area contributed by atoms with E-state index in [0.29, 0.717) is 6.61 Å². The summed E-state index contributed by atoms with van der Waals surface area (Å²) in [5.41, 5.74) is 3.21. The number of ether oxygens (including phenoxy) is 1. The molecule has 1 aliphatic heterocycles. The molecule has 0 spiro atoms. The summed E-state index contributed by atoms with van der Waals surface area (Å²) in [5.74, 6) is -0.0806. The Labute approximate surface area is 134 Å². The largest absolute Gasteiger partial charge is 0.371 e. The van der Waals surface area contributed by atoms with Gasteiger partial charge in [0.15, 0.2) is 0 Å². The van der Waals surface area contributed by atoms with Gasteiger partial charge in [0.05, 0.1) is 18.2 Å². The van der Waals surface area contributed by atoms with Gasteiger partial charge in [-0.15, -0.1) is 0 Å². The van der Waals surface area contributed by atoms with Gasteiger partial charge >= 0.3 is 0 Å². The second-order valence-corrected chi connectivity index (χ2v) is 6.56. The third-order valence-electron chi connectivity index (χ3n) is 4.44. The molecule has 3 rings (SSSR count). The molecule has 1 fully saturated rings. The van der Waals surface area contributed by atoms with Gasteiger partial charge in [-0.05, 0) is 42.7 Å². The molecule has 6 heteroatoms. The summed E-state index contributed by atoms with van der Waals surface area (Å²) in [6.45, 7) is 4.63. The molecule has 0 aliphatic carbocycles. The van der Waals surface area contributed by atoms with Crippen LogP contribution in [0, 0.1) is 6.92 Å². The van der Waals surface area contributed by atoms with E-state index in [1.54, 1.807) is 11.3 Å². The van der Waals surface area contributed by atoms with Crippen LogP contribution in [0.2, 0.25) is 0 Å². The molecule has 2 aromatic rings. The number of nitrogens with zero attached hydrogens (tertiary/aromatic N) is 2. The Balaban J connectivity index is 1.71. The highest BCUT2D eigenvalue weighted by Gasteiger charge is 2.34. The molecule has 22 heavy (non-hydrogen) atoms. The second kappa shape index (κ2) is 6.22. The maximum Gasteiger partial charge on any atom is 0.227 e. The number of nitrogens with one attached hydrogen (secondary N) is 1. The molecule has 5 nitrogen and oxygen atoms in total. The number of carbonyl (C=O) groups is 1. The fourth-order valence-corrected chi connectivity index (χ4v) is 3.57. The standard InChI is InChI=1S/C16H21N3O2S/c1-10(12-5-7-22-9-12)16(20)18-14-4-6-21-15(14)13-8-17-19(3)11(13)2/h5,7-10,14-15H,4,6H2,1-3H3,(H,18,20)/t10?,14-,15+/m0/s1. The summed E-state index contributed by atoms with van der Waals surface area (Å²) in [5, 5.41) is 11.5. The van der Waals surface area contributed by atoms with Crippen LogP contribution in [-0.2, 0) is 16.6 Å². The van der Waals surface area contributed by atoms with E-state index in [1.165, 1.54) is 0 Å². The molecule has 3 atom stereocenters. The van der Waals surface area contributed by atoms with Crippen LogP contribution in [-0.4, -0.2) is 28.3 Å². The first kappa shape index (κ1) is 15.2. The summed E-state index contributed by atoms with van der Waals surface area (Å²) < 4.78 is 7.69. The number of carbonyl (C=O) groups excluding carboxylic acids is 1. The van der Waals surface area contributed by atoms with Gasteiger partial charge in [-0.2, -0.15) is 16.4 Å². The van der Waals surface area contributed by atoms with Crippen LogP contribution in [0.5, 0.6) is 0 Å². The lowest BCUT2D eigenvalue weighted by Crippen LogP contribution is -2.39. The van der Waals surface area contributed by atoms with Gasteiger partial charge < -0.3 is 10.1 Å². The van der Waals surface area contributed by atoms with E-state index in [4.69, 9.17) is 4.74 Å². The lowest BCUT2D eigenvalue weighted by atomic mass is 10.00. The highest BCUT2D eigenvalue weighted by atomic mass is 32.1. The van der Waals surface area contributed by atoms with Gasteiger partial charge in [-0.3, -0.25) is 9.48 Å². The molecular weight excluding hydrogens is 298 g/mol. The molecule has 0 radical (unpaired) electrons. The Morgan fingerprint density at radius 1 is 1.59 bits per heavy atom. The zero-order chi connectivity index (χ0) is 15.7. The number of rotatable bonds is 4. The van der Waals surface area contributed by atoms with Crippen LogP contribution >= 0.6 is 11.3 Å². The summed E-state index contributed by atoms with van der Waals surface area (Å²) in [6.07, 6.45) is 2.57. The fourth-order valence-electron chi connectivity index (χ4n) is 2.82. The highest BCUT2D eigenvalue weighted by molar-refractivity contribution is 7.08. The van der Waals surface area contributed by atoms with E-state index < -0.39 is 0 Å². The average molecular weight is 319 g/mol. The number of aromatic nitrogens is 2. The fraction of sp³-hybridized carbons (Fsp3) is 0.500. The monoisotopic (exact) mass is 319 g/mol. The SMILES string of the molecule is Cc1c([C@H]2OCC[C@@H]2NC(=O)C(C)c2ccsc2)cnn1C. The van der Waals surface area contributed by atoms with Crippen molar-refractivity contribution in [2.75, 3.05) is 6.61 Å². The van der Waals surface area contributed by atoms with Gasteiger partial charge in [-0.1, -0.05) is 0 Å². The van der Waals surface area contributed by atoms with Gasteiger partial charge in [-0.25, -0.2) is 0 Å². The van der Waals surface area contributed by atoms with Gasteiger partial charge in [0.25, 0.3) is 0 Å². The van der Waals surface area contributed by atoms with Gasteiger partial charge in [0, 0.05) is 24.9 Å². The molecule has 0 aromatic carbocycles. The Bertz CT molecular complexity index is 650. The van der Waals surface area contributed by atoms with Crippen molar-refractivity contribution in [1.29, 1.82) is 0 Å². The molecule has 2 aromatic heterocycles. The van der Waals surface area contributed by atoms with Crippen molar-refractivity contribution >= 4 is 17.2 Å². The summed E-state index contributed by atoms with van der Waals surface area (Å²) in [6, 6.07) is 2.01. The lowest BCUT2D eigenvalue weighted by Gasteiger charge is -2.21. The van der Waals surface area contributed by atoms with Crippen molar-refractivity contribution in [3.8, 4) is 0 Å². The maximum absolute atomic E-state index is 12.5. The van der Waals surface area contributed by atoms with Crippen LogP contribution in [0.15, 0.2) is 23.0 Å². The van der Waals surface area contributed by atoms with E-state index in [1.807, 2.05) is 48.6 Å². The molecule has 1 N–H and O–H groups in total. The predicted molar refractivity (Wildman–Crippen MR) is 85.9 cm³/mol. The number of amides is 1. The quantitative estimate of drug-likeness (QED) is 0.942. The Morgan fingerprint density at radius 3 is 3.05 bits per heavy atom. The first-order chi connectivity index (χ1) is 10.6. The zero-order valence-corrected chi connectivity index (χ0v) is 13.9. The smallest absolute Gasteiger partial charge is 0.227 e. The van der Waals surface area contributed by atoms with Crippen LogP contribution in [0.25, 0.3) is 0 Å². The lowest BCUT2D eigenvalue weighted by molar-refractivity contribution is -0.123. The molecule has 118 valence electrons. The maximum atomic E-state index is 12.5. The minimum absolute atomic E-state index is 0.0106. The van der Waals surface area contributed by atoms with Crippen molar-refractivity contribution < 1.29 is 9.53 Å². The van der Waals surface area contributed by atoms with Crippen LogP contribution in [0.1, 0.15) is 42.2 Å². The predicted octanol–water partition coefficient (Wildman–Crippen LogP) is 2.54. The summed E-state index contributed by atoms with van der Waals surface area (Å²) in [7, 11) is 1.92. The average Bonchev–Trinajstić information content (AvgIpc) is 3.22. The molecular formula is C16H21N3O2S. The van der Waals surface area contributed by atoms with Gasteiger partial charge in [0.2, 0.25) is 5.91 Å². The number of thiophene rings is 1. The first-order valence-corrected chi connectivity index (χ1v) is 8.44. The second-order valence-electron chi connectivity index (χ2n) is 5.78. The van der Waals surface area contributed by atoms with Crippen molar-refractivity contribution in [2.45, 2.75) is 38.3 Å². The molecule has 3 heterocycles. The topological polar surface area (TPSA) is 56.1 Å². The summed E-state index contributed by atoms with van der Waals surface area (Å²) >= 11 is 1.61. The Kier molecular flexibility index (Phi) is 4.31. The minimum atomic E-state index is -0.137. The first-order valence-electron chi connectivity index (χ1n) is 7.50. The molecule has 0 saturated carbocycles. The van der Waals surface area contributed by atoms with E-state index in [2.05, 4.69) is 10.4 Å².